The summed E-state index contributed by atoms with van der Waals surface area (Å²) in [6, 6.07) is 22.9. The summed E-state index contributed by atoms with van der Waals surface area (Å²) in [7, 11) is 0. The lowest BCUT2D eigenvalue weighted by Gasteiger charge is -2.41. The van der Waals surface area contributed by atoms with Crippen LogP contribution in [0.15, 0.2) is 72.8 Å². The molecule has 1 atom stereocenters. The third-order valence-corrected chi connectivity index (χ3v) is 6.77. The molecule has 3 heterocycles. The first-order valence-electron chi connectivity index (χ1n) is 12.1. The number of carbonyl (C=O) groups is 1. The third-order valence-electron chi connectivity index (χ3n) is 6.77. The highest BCUT2D eigenvalue weighted by Crippen LogP contribution is 2.43. The molecule has 182 valence electrons. The van der Waals surface area contributed by atoms with E-state index in [0.717, 1.165) is 42.9 Å². The quantitative estimate of drug-likeness (QED) is 0.543. The van der Waals surface area contributed by atoms with Crippen molar-refractivity contribution in [3.05, 3.63) is 89.6 Å². The van der Waals surface area contributed by atoms with Gasteiger partial charge in [0.15, 0.2) is 17.3 Å². The standard InChI is InChI=1S/C27H30N4O4/c32-24(20-7-3-1-4-8-20)19-28-26(33)23-11-12-25(30-29-23)31-15-13-22(14-16-31)27(34-17-18-35-27)21-9-5-2-6-10-21/h1-12,22,24,32H,13-19H2,(H,28,33). The maximum atomic E-state index is 12.5. The minimum absolute atomic E-state index is 0.104. The molecule has 0 spiro atoms. The number of ether oxygens (including phenoxy) is 2. The van der Waals surface area contributed by atoms with Gasteiger partial charge in [-0.3, -0.25) is 4.79 Å². The number of rotatable bonds is 7. The lowest BCUT2D eigenvalue weighted by molar-refractivity contribution is -0.209. The Balaban J connectivity index is 1.17. The Kier molecular flexibility index (Phi) is 7.03. The molecule has 35 heavy (non-hydrogen) atoms. The predicted octanol–water partition coefficient (Wildman–Crippen LogP) is 3.06. The molecular formula is C27H30N4O4. The SMILES string of the molecule is O=C(NCC(O)c1ccccc1)c1ccc(N2CCC(C3(c4ccccc4)OCCO3)CC2)nn1. The van der Waals surface area contributed by atoms with Gasteiger partial charge in [-0.25, -0.2) is 0 Å². The highest BCUT2D eigenvalue weighted by atomic mass is 16.7. The van der Waals surface area contributed by atoms with E-state index in [2.05, 4.69) is 32.5 Å². The van der Waals surface area contributed by atoms with Crippen LogP contribution in [0.1, 0.15) is 40.6 Å². The van der Waals surface area contributed by atoms with E-state index in [9.17, 15) is 9.90 Å². The topological polar surface area (TPSA) is 96.8 Å². The van der Waals surface area contributed by atoms with Crippen LogP contribution >= 0.6 is 0 Å². The summed E-state index contributed by atoms with van der Waals surface area (Å²) >= 11 is 0. The van der Waals surface area contributed by atoms with Crippen molar-refractivity contribution in [1.29, 1.82) is 0 Å². The highest BCUT2D eigenvalue weighted by Gasteiger charge is 2.47. The molecule has 0 aliphatic carbocycles. The number of piperidine rings is 1. The fraction of sp³-hybridized carbons (Fsp3) is 0.370. The summed E-state index contributed by atoms with van der Waals surface area (Å²) < 4.78 is 12.4. The van der Waals surface area contributed by atoms with Crippen LogP contribution in [0.5, 0.6) is 0 Å². The number of aliphatic hydroxyl groups is 1. The van der Waals surface area contributed by atoms with Gasteiger partial charge >= 0.3 is 0 Å². The second-order valence-corrected chi connectivity index (χ2v) is 8.91. The Morgan fingerprint density at radius 3 is 2.26 bits per heavy atom. The van der Waals surface area contributed by atoms with E-state index in [1.165, 1.54) is 0 Å². The number of aromatic nitrogens is 2. The van der Waals surface area contributed by atoms with Crippen LogP contribution in [-0.4, -0.2) is 54.1 Å². The normalized spacial score (nSPS) is 18.8. The van der Waals surface area contributed by atoms with Crippen LogP contribution in [0.2, 0.25) is 0 Å². The summed E-state index contributed by atoms with van der Waals surface area (Å²) in [6.07, 6.45) is 1.02. The van der Waals surface area contributed by atoms with Crippen molar-refractivity contribution in [3.63, 3.8) is 0 Å². The maximum Gasteiger partial charge on any atom is 0.271 e. The zero-order valence-corrected chi connectivity index (χ0v) is 19.5. The van der Waals surface area contributed by atoms with E-state index in [0.29, 0.717) is 13.2 Å². The summed E-state index contributed by atoms with van der Waals surface area (Å²) in [6.45, 7) is 2.91. The first-order valence-corrected chi connectivity index (χ1v) is 12.1. The minimum Gasteiger partial charge on any atom is -0.387 e. The molecule has 1 unspecified atom stereocenters. The average Bonchev–Trinajstić information content (AvgIpc) is 3.44. The number of benzene rings is 2. The number of hydrogen-bond donors (Lipinski definition) is 2. The molecule has 5 rings (SSSR count). The molecule has 2 fully saturated rings. The summed E-state index contributed by atoms with van der Waals surface area (Å²) in [5, 5.41) is 21.4. The number of nitrogens with one attached hydrogen (secondary N) is 1. The Labute approximate surface area is 204 Å². The van der Waals surface area contributed by atoms with Gasteiger partial charge in [0.2, 0.25) is 0 Å². The first-order chi connectivity index (χ1) is 17.2. The molecule has 3 aromatic rings. The van der Waals surface area contributed by atoms with Crippen molar-refractivity contribution in [2.24, 2.45) is 5.92 Å². The lowest BCUT2D eigenvalue weighted by Crippen LogP contribution is -2.44. The molecule has 2 saturated heterocycles. The van der Waals surface area contributed by atoms with Crippen LogP contribution in [0, 0.1) is 5.92 Å². The van der Waals surface area contributed by atoms with Crippen molar-refractivity contribution in [3.8, 4) is 0 Å². The fourth-order valence-electron chi connectivity index (χ4n) is 4.91. The van der Waals surface area contributed by atoms with E-state index in [1.807, 2.05) is 54.6 Å². The Morgan fingerprint density at radius 2 is 1.63 bits per heavy atom. The van der Waals surface area contributed by atoms with Gasteiger partial charge in [-0.05, 0) is 30.5 Å². The zero-order valence-electron chi connectivity index (χ0n) is 19.5. The smallest absolute Gasteiger partial charge is 0.271 e. The molecule has 2 N–H and O–H groups in total. The van der Waals surface area contributed by atoms with Crippen molar-refractivity contribution < 1.29 is 19.4 Å². The molecule has 2 aromatic carbocycles. The van der Waals surface area contributed by atoms with Gasteiger partial charge in [-0.1, -0.05) is 60.7 Å². The molecule has 1 amide bonds. The van der Waals surface area contributed by atoms with Crippen LogP contribution in [0.3, 0.4) is 0 Å². The molecular weight excluding hydrogens is 444 g/mol. The number of anilines is 1. The van der Waals surface area contributed by atoms with E-state index >= 15 is 0 Å². The molecule has 0 saturated carbocycles. The van der Waals surface area contributed by atoms with E-state index in [1.54, 1.807) is 6.07 Å². The van der Waals surface area contributed by atoms with Gasteiger partial charge in [0.25, 0.3) is 5.91 Å². The summed E-state index contributed by atoms with van der Waals surface area (Å²) in [5.41, 5.74) is 2.04. The van der Waals surface area contributed by atoms with Crippen LogP contribution in [-0.2, 0) is 15.3 Å². The van der Waals surface area contributed by atoms with Crippen molar-refractivity contribution in [2.45, 2.75) is 24.7 Å². The van der Waals surface area contributed by atoms with Gasteiger partial charge in [-0.2, -0.15) is 0 Å². The Hall–Kier alpha value is -3.33. The number of amides is 1. The second kappa shape index (κ2) is 10.5. The molecule has 0 bridgehead atoms. The average molecular weight is 475 g/mol. The monoisotopic (exact) mass is 474 g/mol. The number of nitrogens with zero attached hydrogens (tertiary/aromatic N) is 3. The highest BCUT2D eigenvalue weighted by molar-refractivity contribution is 5.92. The molecule has 2 aliphatic heterocycles. The zero-order chi connectivity index (χ0) is 24.1. The van der Waals surface area contributed by atoms with Gasteiger partial charge in [0.05, 0.1) is 19.3 Å². The lowest BCUT2D eigenvalue weighted by atomic mass is 9.84. The van der Waals surface area contributed by atoms with E-state index < -0.39 is 11.9 Å². The molecule has 8 heteroatoms. The maximum absolute atomic E-state index is 12.5. The van der Waals surface area contributed by atoms with Crippen molar-refractivity contribution in [1.82, 2.24) is 15.5 Å². The molecule has 8 nitrogen and oxygen atoms in total. The molecule has 1 aromatic heterocycles. The molecule has 0 radical (unpaired) electrons. The number of hydrogen-bond acceptors (Lipinski definition) is 7. The van der Waals surface area contributed by atoms with Crippen molar-refractivity contribution in [2.75, 3.05) is 37.7 Å². The first kappa shape index (κ1) is 23.4. The molecule has 2 aliphatic rings. The van der Waals surface area contributed by atoms with E-state index in [4.69, 9.17) is 9.47 Å². The Bertz CT molecular complexity index is 1100. The van der Waals surface area contributed by atoms with Gasteiger partial charge in [0, 0.05) is 31.1 Å². The van der Waals surface area contributed by atoms with Gasteiger partial charge in [0.1, 0.15) is 0 Å². The van der Waals surface area contributed by atoms with Crippen LogP contribution in [0.25, 0.3) is 0 Å². The summed E-state index contributed by atoms with van der Waals surface area (Å²) in [5.74, 6) is -0.0483. The number of carbonyl (C=O) groups excluding carboxylic acids is 1. The van der Waals surface area contributed by atoms with Crippen LogP contribution < -0.4 is 10.2 Å². The van der Waals surface area contributed by atoms with Crippen molar-refractivity contribution >= 4 is 11.7 Å². The second-order valence-electron chi connectivity index (χ2n) is 8.91. The van der Waals surface area contributed by atoms with Gasteiger partial charge < -0.3 is 24.8 Å². The fourth-order valence-corrected chi connectivity index (χ4v) is 4.91. The van der Waals surface area contributed by atoms with Crippen LogP contribution in [0.4, 0.5) is 5.82 Å². The minimum atomic E-state index is -0.777. The predicted molar refractivity (Wildman–Crippen MR) is 131 cm³/mol. The largest absolute Gasteiger partial charge is 0.387 e. The Morgan fingerprint density at radius 1 is 0.971 bits per heavy atom. The summed E-state index contributed by atoms with van der Waals surface area (Å²) in [4.78, 5) is 14.6. The third kappa shape index (κ3) is 5.05. The van der Waals surface area contributed by atoms with Gasteiger partial charge in [-0.15, -0.1) is 10.2 Å². The number of aliphatic hydroxyl groups excluding tert-OH is 1. The van der Waals surface area contributed by atoms with E-state index in [-0.39, 0.29) is 24.1 Å².